The quantitative estimate of drug-likeness (QED) is 0.298. The Kier molecular flexibility index (Phi) is 6.86. The van der Waals surface area contributed by atoms with Crippen LogP contribution in [0.15, 0.2) is 60.7 Å². The lowest BCUT2D eigenvalue weighted by atomic mass is 9.99. The Bertz CT molecular complexity index is 1410. The van der Waals surface area contributed by atoms with Gasteiger partial charge in [0.05, 0.1) is 12.7 Å². The Morgan fingerprint density at radius 3 is 2.25 bits per heavy atom. The predicted molar refractivity (Wildman–Crippen MR) is 133 cm³/mol. The van der Waals surface area contributed by atoms with Gasteiger partial charge in [-0.05, 0) is 54.4 Å². The lowest BCUT2D eigenvalue weighted by Crippen LogP contribution is -2.23. The standard InChI is InChI=1S/C26H25N5O5/c1-3-12-28-26(35)16-6-4-15(5-7-16)19-13-20(22(33)14-21(19)32)24-29-30-25(23(27)34)31(24)17-8-10-18(36-2)11-9-17/h4-11,13-14,32-33H,3,12H2,1-2H3,(H2,27,34)(H,28,35). The largest absolute Gasteiger partial charge is 0.507 e. The van der Waals surface area contributed by atoms with Gasteiger partial charge in [-0.15, -0.1) is 10.2 Å². The predicted octanol–water partition coefficient (Wildman–Crippen LogP) is 3.26. The van der Waals surface area contributed by atoms with E-state index in [4.69, 9.17) is 10.5 Å². The first kappa shape index (κ1) is 24.3. The molecule has 2 amide bonds. The average molecular weight is 488 g/mol. The van der Waals surface area contributed by atoms with Crippen molar-refractivity contribution >= 4 is 11.8 Å². The van der Waals surface area contributed by atoms with Gasteiger partial charge in [0.15, 0.2) is 5.82 Å². The summed E-state index contributed by atoms with van der Waals surface area (Å²) in [6.07, 6.45) is 0.826. The maximum Gasteiger partial charge on any atom is 0.287 e. The summed E-state index contributed by atoms with van der Waals surface area (Å²) in [5.74, 6) is -0.828. The van der Waals surface area contributed by atoms with Gasteiger partial charge in [0.1, 0.15) is 17.2 Å². The van der Waals surface area contributed by atoms with Crippen molar-refractivity contribution in [3.8, 4) is 45.5 Å². The van der Waals surface area contributed by atoms with Crippen LogP contribution in [0, 0.1) is 0 Å². The molecule has 1 heterocycles. The molecule has 0 unspecified atom stereocenters. The summed E-state index contributed by atoms with van der Waals surface area (Å²) >= 11 is 0. The SMILES string of the molecule is CCCNC(=O)c1ccc(-c2cc(-c3nnc(C(N)=O)n3-c3ccc(OC)cc3)c(O)cc2O)cc1. The maximum atomic E-state index is 12.2. The number of hydrogen-bond donors (Lipinski definition) is 4. The second-order valence-electron chi connectivity index (χ2n) is 7.96. The zero-order valence-electron chi connectivity index (χ0n) is 19.7. The normalized spacial score (nSPS) is 10.7. The lowest BCUT2D eigenvalue weighted by Gasteiger charge is -2.13. The highest BCUT2D eigenvalue weighted by Gasteiger charge is 2.23. The van der Waals surface area contributed by atoms with Crippen LogP contribution in [0.5, 0.6) is 17.2 Å². The number of nitrogens with zero attached hydrogens (tertiary/aromatic N) is 3. The minimum absolute atomic E-state index is 0.133. The Balaban J connectivity index is 1.80. The second-order valence-corrected chi connectivity index (χ2v) is 7.96. The molecule has 0 aliphatic carbocycles. The van der Waals surface area contributed by atoms with Gasteiger partial charge >= 0.3 is 0 Å². The van der Waals surface area contributed by atoms with Crippen molar-refractivity contribution in [2.75, 3.05) is 13.7 Å². The number of carbonyl (C=O) groups excluding carboxylic acids is 2. The Morgan fingerprint density at radius 2 is 1.64 bits per heavy atom. The number of benzene rings is 3. The van der Waals surface area contributed by atoms with Crippen LogP contribution in [0.1, 0.15) is 34.3 Å². The summed E-state index contributed by atoms with van der Waals surface area (Å²) in [6, 6.07) is 16.2. The number of carbonyl (C=O) groups is 2. The molecular formula is C26H25N5O5. The smallest absolute Gasteiger partial charge is 0.287 e. The average Bonchev–Trinajstić information content (AvgIpc) is 3.33. The molecule has 0 radical (unpaired) electrons. The molecule has 5 N–H and O–H groups in total. The Hall–Kier alpha value is -4.86. The molecule has 10 nitrogen and oxygen atoms in total. The van der Waals surface area contributed by atoms with Crippen molar-refractivity contribution in [1.29, 1.82) is 0 Å². The minimum atomic E-state index is -0.806. The number of phenols is 2. The zero-order valence-corrected chi connectivity index (χ0v) is 19.7. The number of nitrogens with two attached hydrogens (primary N) is 1. The fourth-order valence-corrected chi connectivity index (χ4v) is 3.72. The van der Waals surface area contributed by atoms with E-state index in [0.29, 0.717) is 34.7 Å². The van der Waals surface area contributed by atoms with E-state index < -0.39 is 5.91 Å². The third-order valence-electron chi connectivity index (χ3n) is 5.56. The summed E-state index contributed by atoms with van der Waals surface area (Å²) in [5.41, 5.74) is 7.72. The van der Waals surface area contributed by atoms with Gasteiger partial charge in [0.2, 0.25) is 5.82 Å². The fraction of sp³-hybridized carbons (Fsp3) is 0.154. The summed E-state index contributed by atoms with van der Waals surface area (Å²) in [6.45, 7) is 2.54. The number of phenolic OH excluding ortho intramolecular Hbond substituents is 2. The number of ether oxygens (including phenoxy) is 1. The molecule has 36 heavy (non-hydrogen) atoms. The lowest BCUT2D eigenvalue weighted by molar-refractivity contribution is 0.0952. The van der Waals surface area contributed by atoms with Crippen LogP contribution in [0.4, 0.5) is 0 Å². The van der Waals surface area contributed by atoms with Gasteiger partial charge in [-0.3, -0.25) is 14.2 Å². The molecule has 0 bridgehead atoms. The molecule has 4 aromatic rings. The van der Waals surface area contributed by atoms with E-state index in [9.17, 15) is 19.8 Å². The van der Waals surface area contributed by atoms with Crippen molar-refractivity contribution < 1.29 is 24.5 Å². The minimum Gasteiger partial charge on any atom is -0.507 e. The van der Waals surface area contributed by atoms with Crippen molar-refractivity contribution in [2.45, 2.75) is 13.3 Å². The van der Waals surface area contributed by atoms with Crippen LogP contribution >= 0.6 is 0 Å². The van der Waals surface area contributed by atoms with Crippen LogP contribution in [-0.4, -0.2) is 50.4 Å². The third kappa shape index (κ3) is 4.69. The summed E-state index contributed by atoms with van der Waals surface area (Å²) in [7, 11) is 1.54. The van der Waals surface area contributed by atoms with Crippen LogP contribution in [-0.2, 0) is 0 Å². The van der Waals surface area contributed by atoms with Crippen LogP contribution < -0.4 is 15.8 Å². The van der Waals surface area contributed by atoms with Crippen molar-refractivity contribution in [3.63, 3.8) is 0 Å². The van der Waals surface area contributed by atoms with Crippen molar-refractivity contribution in [2.24, 2.45) is 5.73 Å². The molecule has 0 aliphatic heterocycles. The fourth-order valence-electron chi connectivity index (χ4n) is 3.72. The number of methoxy groups -OCH3 is 1. The number of primary amides is 1. The molecule has 0 aliphatic rings. The molecule has 1 aromatic heterocycles. The van der Waals surface area contributed by atoms with E-state index in [2.05, 4.69) is 15.5 Å². The number of nitrogens with one attached hydrogen (secondary N) is 1. The third-order valence-corrected chi connectivity index (χ3v) is 5.56. The van der Waals surface area contributed by atoms with E-state index in [1.807, 2.05) is 6.92 Å². The topological polar surface area (TPSA) is 153 Å². The van der Waals surface area contributed by atoms with Crippen molar-refractivity contribution in [1.82, 2.24) is 20.1 Å². The first-order valence-corrected chi connectivity index (χ1v) is 11.2. The first-order valence-electron chi connectivity index (χ1n) is 11.2. The van der Waals surface area contributed by atoms with Crippen molar-refractivity contribution in [3.05, 3.63) is 72.1 Å². The molecule has 0 fully saturated rings. The van der Waals surface area contributed by atoms with Gasteiger partial charge in [-0.2, -0.15) is 0 Å². The molecule has 0 atom stereocenters. The highest BCUT2D eigenvalue weighted by molar-refractivity contribution is 5.95. The second kappa shape index (κ2) is 10.2. The van der Waals surface area contributed by atoms with Gasteiger partial charge in [0.25, 0.3) is 11.8 Å². The van der Waals surface area contributed by atoms with Gasteiger partial charge in [-0.25, -0.2) is 0 Å². The molecule has 0 spiro atoms. The van der Waals surface area contributed by atoms with Crippen LogP contribution in [0.25, 0.3) is 28.2 Å². The first-order chi connectivity index (χ1) is 17.3. The maximum absolute atomic E-state index is 12.2. The van der Waals surface area contributed by atoms with Gasteiger partial charge in [0, 0.05) is 29.4 Å². The van der Waals surface area contributed by atoms with Crippen LogP contribution in [0.2, 0.25) is 0 Å². The molecular weight excluding hydrogens is 462 g/mol. The van der Waals surface area contributed by atoms with Gasteiger partial charge in [-0.1, -0.05) is 19.1 Å². The Morgan fingerprint density at radius 1 is 0.972 bits per heavy atom. The monoisotopic (exact) mass is 487 g/mol. The number of hydrogen-bond acceptors (Lipinski definition) is 7. The van der Waals surface area contributed by atoms with Crippen LogP contribution in [0.3, 0.4) is 0 Å². The molecule has 184 valence electrons. The number of aromatic hydroxyl groups is 2. The molecule has 0 saturated heterocycles. The highest BCUT2D eigenvalue weighted by atomic mass is 16.5. The Labute approximate surface area is 207 Å². The van der Waals surface area contributed by atoms with E-state index in [1.165, 1.54) is 23.8 Å². The molecule has 0 saturated carbocycles. The van der Waals surface area contributed by atoms with E-state index in [-0.39, 0.29) is 34.6 Å². The number of rotatable bonds is 8. The summed E-state index contributed by atoms with van der Waals surface area (Å²) in [4.78, 5) is 24.3. The number of amides is 2. The number of aromatic nitrogens is 3. The molecule has 10 heteroatoms. The van der Waals surface area contributed by atoms with E-state index in [1.54, 1.807) is 48.5 Å². The molecule has 4 rings (SSSR count). The summed E-state index contributed by atoms with van der Waals surface area (Å²) in [5, 5.41) is 32.1. The summed E-state index contributed by atoms with van der Waals surface area (Å²) < 4.78 is 6.61. The molecule has 3 aromatic carbocycles. The van der Waals surface area contributed by atoms with E-state index in [0.717, 1.165) is 6.42 Å². The zero-order chi connectivity index (χ0) is 25.8. The highest BCUT2D eigenvalue weighted by Crippen LogP contribution is 2.40. The van der Waals surface area contributed by atoms with Gasteiger partial charge < -0.3 is 26.0 Å². The van der Waals surface area contributed by atoms with E-state index >= 15 is 0 Å².